The van der Waals surface area contributed by atoms with Gasteiger partial charge in [-0.3, -0.25) is 0 Å². The Hall–Kier alpha value is 0.700. The van der Waals surface area contributed by atoms with Gasteiger partial charge in [-0.2, -0.15) is 0 Å². The van der Waals surface area contributed by atoms with Crippen LogP contribution < -0.4 is 0 Å². The van der Waals surface area contributed by atoms with Crippen molar-refractivity contribution < 1.29 is 0 Å². The standard InChI is InChI=1S/C7H16S2/c1-5-8-9-7(4)6(2)3/h6-7H,5H2,1-4H3/t7-/m0/s1. The largest absolute Gasteiger partial charge is 0.0942 e. The van der Waals surface area contributed by atoms with Crippen molar-refractivity contribution in [3.8, 4) is 0 Å². The fourth-order valence-corrected chi connectivity index (χ4v) is 2.58. The van der Waals surface area contributed by atoms with Crippen LogP contribution in [-0.4, -0.2) is 11.0 Å². The lowest BCUT2D eigenvalue weighted by atomic mass is 10.2. The highest BCUT2D eigenvalue weighted by molar-refractivity contribution is 8.76. The van der Waals surface area contributed by atoms with Crippen molar-refractivity contribution >= 4 is 21.6 Å². The molecule has 0 bridgehead atoms. The molecule has 0 aliphatic heterocycles. The molecule has 0 amide bonds. The number of hydrogen-bond donors (Lipinski definition) is 0. The van der Waals surface area contributed by atoms with E-state index in [-0.39, 0.29) is 0 Å². The first-order valence-electron chi connectivity index (χ1n) is 3.46. The van der Waals surface area contributed by atoms with Gasteiger partial charge in [0.2, 0.25) is 0 Å². The van der Waals surface area contributed by atoms with Gasteiger partial charge >= 0.3 is 0 Å². The van der Waals surface area contributed by atoms with Gasteiger partial charge in [-0.1, -0.05) is 49.3 Å². The first-order chi connectivity index (χ1) is 4.18. The zero-order chi connectivity index (χ0) is 7.28. The van der Waals surface area contributed by atoms with Crippen LogP contribution in [0.1, 0.15) is 27.7 Å². The smallest absolute Gasteiger partial charge is 0.0146 e. The highest BCUT2D eigenvalue weighted by Crippen LogP contribution is 2.29. The molecule has 1 atom stereocenters. The lowest BCUT2D eigenvalue weighted by molar-refractivity contribution is 0.645. The molecular weight excluding hydrogens is 148 g/mol. The van der Waals surface area contributed by atoms with Crippen molar-refractivity contribution in [2.24, 2.45) is 5.92 Å². The fourth-order valence-electron chi connectivity index (χ4n) is 0.286. The van der Waals surface area contributed by atoms with E-state index in [1.807, 2.05) is 21.6 Å². The van der Waals surface area contributed by atoms with Crippen LogP contribution in [0.5, 0.6) is 0 Å². The second-order valence-electron chi connectivity index (χ2n) is 2.45. The van der Waals surface area contributed by atoms with Crippen molar-refractivity contribution in [1.29, 1.82) is 0 Å². The van der Waals surface area contributed by atoms with Gasteiger partial charge in [0.15, 0.2) is 0 Å². The molecule has 0 saturated carbocycles. The molecule has 0 aromatic rings. The maximum atomic E-state index is 2.29. The maximum absolute atomic E-state index is 2.29. The Kier molecular flexibility index (Phi) is 5.91. The van der Waals surface area contributed by atoms with Gasteiger partial charge in [-0.15, -0.1) is 0 Å². The Morgan fingerprint density at radius 2 is 1.78 bits per heavy atom. The summed E-state index contributed by atoms with van der Waals surface area (Å²) in [5.74, 6) is 2.04. The van der Waals surface area contributed by atoms with E-state index in [0.29, 0.717) is 0 Å². The summed E-state index contributed by atoms with van der Waals surface area (Å²) in [7, 11) is 3.96. The van der Waals surface area contributed by atoms with Crippen LogP contribution in [0.2, 0.25) is 0 Å². The van der Waals surface area contributed by atoms with Crippen molar-refractivity contribution in [3.05, 3.63) is 0 Å². The molecule has 0 spiro atoms. The third-order valence-electron chi connectivity index (χ3n) is 1.28. The van der Waals surface area contributed by atoms with Crippen molar-refractivity contribution in [1.82, 2.24) is 0 Å². The van der Waals surface area contributed by atoms with Crippen molar-refractivity contribution in [2.75, 3.05) is 5.75 Å². The maximum Gasteiger partial charge on any atom is 0.0146 e. The Bertz CT molecular complexity index is 61.9. The second-order valence-corrected chi connectivity index (χ2v) is 5.49. The van der Waals surface area contributed by atoms with Crippen LogP contribution in [0.25, 0.3) is 0 Å². The van der Waals surface area contributed by atoms with Crippen LogP contribution >= 0.6 is 21.6 Å². The predicted molar refractivity (Wildman–Crippen MR) is 50.0 cm³/mol. The molecule has 0 heterocycles. The molecular formula is C7H16S2. The first-order valence-corrected chi connectivity index (χ1v) is 5.85. The molecule has 0 aromatic carbocycles. The number of rotatable bonds is 4. The minimum Gasteiger partial charge on any atom is -0.0942 e. The molecule has 0 N–H and O–H groups in total. The van der Waals surface area contributed by atoms with E-state index in [0.717, 1.165) is 11.2 Å². The van der Waals surface area contributed by atoms with E-state index in [9.17, 15) is 0 Å². The van der Waals surface area contributed by atoms with Gasteiger partial charge in [-0.25, -0.2) is 0 Å². The summed E-state index contributed by atoms with van der Waals surface area (Å²) in [6.45, 7) is 9.03. The third kappa shape index (κ3) is 5.16. The van der Waals surface area contributed by atoms with E-state index in [1.54, 1.807) is 0 Å². The zero-order valence-corrected chi connectivity index (χ0v) is 8.31. The van der Waals surface area contributed by atoms with Crippen molar-refractivity contribution in [2.45, 2.75) is 32.9 Å². The molecule has 0 aromatic heterocycles. The molecule has 0 fully saturated rings. The Labute approximate surface area is 66.6 Å². The second kappa shape index (κ2) is 5.48. The topological polar surface area (TPSA) is 0 Å². The van der Waals surface area contributed by atoms with Gasteiger partial charge < -0.3 is 0 Å². The summed E-state index contributed by atoms with van der Waals surface area (Å²) < 4.78 is 0. The van der Waals surface area contributed by atoms with E-state index in [2.05, 4.69) is 27.7 Å². The van der Waals surface area contributed by atoms with Crippen LogP contribution in [0.15, 0.2) is 0 Å². The quantitative estimate of drug-likeness (QED) is 0.584. The monoisotopic (exact) mass is 164 g/mol. The Balaban J connectivity index is 3.16. The SMILES string of the molecule is CCSS[C@@H](C)C(C)C. The first kappa shape index (κ1) is 9.70. The minimum atomic E-state index is 0.801. The van der Waals surface area contributed by atoms with Gasteiger partial charge in [0, 0.05) is 11.0 Å². The number of hydrogen-bond acceptors (Lipinski definition) is 2. The zero-order valence-electron chi connectivity index (χ0n) is 6.68. The molecule has 9 heavy (non-hydrogen) atoms. The summed E-state index contributed by atoms with van der Waals surface area (Å²) >= 11 is 0. The van der Waals surface area contributed by atoms with Crippen molar-refractivity contribution in [3.63, 3.8) is 0 Å². The van der Waals surface area contributed by atoms with Crippen LogP contribution in [0.4, 0.5) is 0 Å². The molecule has 2 heteroatoms. The van der Waals surface area contributed by atoms with E-state index >= 15 is 0 Å². The molecule has 0 nitrogen and oxygen atoms in total. The van der Waals surface area contributed by atoms with E-state index in [4.69, 9.17) is 0 Å². The van der Waals surface area contributed by atoms with E-state index in [1.165, 1.54) is 5.75 Å². The molecule has 0 saturated heterocycles. The van der Waals surface area contributed by atoms with Crippen LogP contribution in [0, 0.1) is 5.92 Å². The average molecular weight is 164 g/mol. The predicted octanol–water partition coefficient (Wildman–Crippen LogP) is 3.43. The molecule has 0 rings (SSSR count). The van der Waals surface area contributed by atoms with Gasteiger partial charge in [-0.05, 0) is 5.92 Å². The molecule has 56 valence electrons. The van der Waals surface area contributed by atoms with E-state index < -0.39 is 0 Å². The average Bonchev–Trinajstić information content (AvgIpc) is 1.82. The third-order valence-corrected chi connectivity index (χ3v) is 4.52. The lowest BCUT2D eigenvalue weighted by Crippen LogP contribution is -2.03. The molecule has 0 radical (unpaired) electrons. The van der Waals surface area contributed by atoms with Crippen LogP contribution in [0.3, 0.4) is 0 Å². The summed E-state index contributed by atoms with van der Waals surface area (Å²) in [6.07, 6.45) is 0. The van der Waals surface area contributed by atoms with Gasteiger partial charge in [0.25, 0.3) is 0 Å². The highest BCUT2D eigenvalue weighted by Gasteiger charge is 2.05. The van der Waals surface area contributed by atoms with Crippen LogP contribution in [-0.2, 0) is 0 Å². The van der Waals surface area contributed by atoms with Gasteiger partial charge in [0.1, 0.15) is 0 Å². The minimum absolute atomic E-state index is 0.801. The normalized spacial score (nSPS) is 14.3. The lowest BCUT2D eigenvalue weighted by Gasteiger charge is -2.12. The highest BCUT2D eigenvalue weighted by atomic mass is 33.1. The molecule has 0 unspecified atom stereocenters. The summed E-state index contributed by atoms with van der Waals surface area (Å²) in [5, 5.41) is 0.801. The Morgan fingerprint density at radius 3 is 2.11 bits per heavy atom. The van der Waals surface area contributed by atoms with Gasteiger partial charge in [0.05, 0.1) is 0 Å². The molecule has 0 aliphatic rings. The fraction of sp³-hybridized carbons (Fsp3) is 1.00. The summed E-state index contributed by atoms with van der Waals surface area (Å²) in [6, 6.07) is 0. The summed E-state index contributed by atoms with van der Waals surface area (Å²) in [4.78, 5) is 0. The summed E-state index contributed by atoms with van der Waals surface area (Å²) in [5.41, 5.74) is 0. The Morgan fingerprint density at radius 1 is 1.22 bits per heavy atom. The molecule has 0 aliphatic carbocycles.